The lowest BCUT2D eigenvalue weighted by Crippen LogP contribution is -2.21. The van der Waals surface area contributed by atoms with Gasteiger partial charge in [-0.05, 0) is 6.92 Å². The molecule has 0 aliphatic heterocycles. The lowest BCUT2D eigenvalue weighted by molar-refractivity contribution is 0.131. The Morgan fingerprint density at radius 1 is 1.69 bits per heavy atom. The summed E-state index contributed by atoms with van der Waals surface area (Å²) < 4.78 is 6.39. The van der Waals surface area contributed by atoms with E-state index in [1.165, 1.54) is 10.6 Å². The standard InChI is InChI=1S/C8H13N3O2/c1-3-13-5-6-4-7(12)11(2)8(9)10-6/h4H,3,5H2,1-2H3,(H2,9,10). The van der Waals surface area contributed by atoms with E-state index in [1.54, 1.807) is 7.05 Å². The molecule has 0 unspecified atom stereocenters. The Labute approximate surface area is 76.2 Å². The van der Waals surface area contributed by atoms with Crippen LogP contribution in [0.3, 0.4) is 0 Å². The van der Waals surface area contributed by atoms with E-state index in [-0.39, 0.29) is 11.5 Å². The van der Waals surface area contributed by atoms with Crippen molar-refractivity contribution in [3.63, 3.8) is 0 Å². The lowest BCUT2D eigenvalue weighted by atomic mass is 10.4. The average molecular weight is 183 g/mol. The first-order valence-electron chi connectivity index (χ1n) is 4.05. The molecule has 1 aromatic rings. The summed E-state index contributed by atoms with van der Waals surface area (Å²) in [5.41, 5.74) is 5.90. The van der Waals surface area contributed by atoms with Crippen LogP contribution in [0.1, 0.15) is 12.6 Å². The molecule has 13 heavy (non-hydrogen) atoms. The SMILES string of the molecule is CCOCc1cc(=O)n(C)c(N)n1. The minimum Gasteiger partial charge on any atom is -0.375 e. The zero-order valence-corrected chi connectivity index (χ0v) is 7.78. The van der Waals surface area contributed by atoms with Crippen molar-refractivity contribution in [2.24, 2.45) is 7.05 Å². The molecular weight excluding hydrogens is 170 g/mol. The first kappa shape index (κ1) is 9.73. The van der Waals surface area contributed by atoms with E-state index in [2.05, 4.69) is 4.98 Å². The van der Waals surface area contributed by atoms with Gasteiger partial charge in [0.05, 0.1) is 12.3 Å². The molecule has 1 heterocycles. The predicted molar refractivity (Wildman–Crippen MR) is 49.2 cm³/mol. The molecule has 0 bridgehead atoms. The van der Waals surface area contributed by atoms with Gasteiger partial charge in [0.2, 0.25) is 5.95 Å². The molecule has 0 saturated heterocycles. The van der Waals surface area contributed by atoms with Crippen molar-refractivity contribution >= 4 is 5.95 Å². The van der Waals surface area contributed by atoms with Gasteiger partial charge in [0.25, 0.3) is 5.56 Å². The van der Waals surface area contributed by atoms with Crippen LogP contribution in [0.2, 0.25) is 0 Å². The molecule has 1 rings (SSSR count). The van der Waals surface area contributed by atoms with Gasteiger partial charge in [-0.2, -0.15) is 0 Å². The van der Waals surface area contributed by atoms with Crippen molar-refractivity contribution in [3.8, 4) is 0 Å². The van der Waals surface area contributed by atoms with E-state index < -0.39 is 0 Å². The summed E-state index contributed by atoms with van der Waals surface area (Å²) >= 11 is 0. The van der Waals surface area contributed by atoms with Gasteiger partial charge in [0.15, 0.2) is 0 Å². The van der Waals surface area contributed by atoms with Crippen LogP contribution in [0.15, 0.2) is 10.9 Å². The molecule has 0 aromatic carbocycles. The zero-order chi connectivity index (χ0) is 9.84. The molecule has 0 atom stereocenters. The van der Waals surface area contributed by atoms with E-state index in [0.29, 0.717) is 18.9 Å². The van der Waals surface area contributed by atoms with Crippen molar-refractivity contribution in [3.05, 3.63) is 22.1 Å². The second-order valence-corrected chi connectivity index (χ2v) is 2.64. The Balaban J connectivity index is 2.93. The minimum atomic E-state index is -0.165. The number of ether oxygens (including phenoxy) is 1. The highest BCUT2D eigenvalue weighted by Gasteiger charge is 2.01. The van der Waals surface area contributed by atoms with Crippen molar-refractivity contribution in [1.29, 1.82) is 0 Å². The highest BCUT2D eigenvalue weighted by atomic mass is 16.5. The van der Waals surface area contributed by atoms with Crippen LogP contribution in [0.4, 0.5) is 5.95 Å². The number of aromatic nitrogens is 2. The van der Waals surface area contributed by atoms with Crippen LogP contribution < -0.4 is 11.3 Å². The third kappa shape index (κ3) is 2.29. The fourth-order valence-electron chi connectivity index (χ4n) is 0.887. The number of nitrogen functional groups attached to an aromatic ring is 1. The maximum Gasteiger partial charge on any atom is 0.254 e. The number of hydrogen-bond acceptors (Lipinski definition) is 4. The van der Waals surface area contributed by atoms with Crippen molar-refractivity contribution in [2.75, 3.05) is 12.3 Å². The van der Waals surface area contributed by atoms with Gasteiger partial charge in [-0.25, -0.2) is 4.98 Å². The molecule has 0 fully saturated rings. The Morgan fingerprint density at radius 2 is 2.38 bits per heavy atom. The van der Waals surface area contributed by atoms with E-state index in [0.717, 1.165) is 0 Å². The normalized spacial score (nSPS) is 10.3. The van der Waals surface area contributed by atoms with Crippen LogP contribution in [-0.4, -0.2) is 16.2 Å². The van der Waals surface area contributed by atoms with Crippen molar-refractivity contribution in [2.45, 2.75) is 13.5 Å². The summed E-state index contributed by atoms with van der Waals surface area (Å²) in [4.78, 5) is 15.2. The largest absolute Gasteiger partial charge is 0.375 e. The van der Waals surface area contributed by atoms with Gasteiger partial charge in [-0.1, -0.05) is 0 Å². The average Bonchev–Trinajstić information content (AvgIpc) is 2.10. The number of hydrogen-bond donors (Lipinski definition) is 1. The van der Waals surface area contributed by atoms with Gasteiger partial charge in [-0.15, -0.1) is 0 Å². The van der Waals surface area contributed by atoms with Gasteiger partial charge < -0.3 is 10.5 Å². The molecule has 0 aliphatic carbocycles. The van der Waals surface area contributed by atoms with E-state index in [9.17, 15) is 4.79 Å². The van der Waals surface area contributed by atoms with Crippen LogP contribution in [-0.2, 0) is 18.4 Å². The number of nitrogens with two attached hydrogens (primary N) is 1. The van der Waals surface area contributed by atoms with Gasteiger partial charge in [0, 0.05) is 19.7 Å². The molecule has 72 valence electrons. The van der Waals surface area contributed by atoms with Crippen LogP contribution >= 0.6 is 0 Å². The fraction of sp³-hybridized carbons (Fsp3) is 0.500. The molecule has 0 amide bonds. The minimum absolute atomic E-state index is 0.165. The Morgan fingerprint density at radius 3 is 2.92 bits per heavy atom. The number of anilines is 1. The quantitative estimate of drug-likeness (QED) is 0.710. The Bertz CT molecular complexity index is 346. The fourth-order valence-corrected chi connectivity index (χ4v) is 0.887. The molecule has 0 aliphatic rings. The molecule has 0 saturated carbocycles. The van der Waals surface area contributed by atoms with Gasteiger partial charge in [0.1, 0.15) is 0 Å². The first-order chi connectivity index (χ1) is 6.15. The molecule has 1 aromatic heterocycles. The molecule has 0 radical (unpaired) electrons. The molecule has 0 spiro atoms. The zero-order valence-electron chi connectivity index (χ0n) is 7.78. The lowest BCUT2D eigenvalue weighted by Gasteiger charge is -2.04. The molecular formula is C8H13N3O2. The number of nitrogens with zero attached hydrogens (tertiary/aromatic N) is 2. The third-order valence-electron chi connectivity index (χ3n) is 1.68. The third-order valence-corrected chi connectivity index (χ3v) is 1.68. The molecule has 5 heteroatoms. The number of rotatable bonds is 3. The van der Waals surface area contributed by atoms with Crippen molar-refractivity contribution < 1.29 is 4.74 Å². The summed E-state index contributed by atoms with van der Waals surface area (Å²) in [6.07, 6.45) is 0. The highest BCUT2D eigenvalue weighted by molar-refractivity contribution is 5.19. The van der Waals surface area contributed by atoms with Crippen LogP contribution in [0, 0.1) is 0 Å². The summed E-state index contributed by atoms with van der Waals surface area (Å²) in [5.74, 6) is 0.210. The van der Waals surface area contributed by atoms with E-state index in [4.69, 9.17) is 10.5 Å². The van der Waals surface area contributed by atoms with Gasteiger partial charge >= 0.3 is 0 Å². The summed E-state index contributed by atoms with van der Waals surface area (Å²) in [7, 11) is 1.58. The summed E-state index contributed by atoms with van der Waals surface area (Å²) in [6, 6.07) is 1.42. The Kier molecular flexibility index (Phi) is 3.02. The topological polar surface area (TPSA) is 70.1 Å². The predicted octanol–water partition coefficient (Wildman–Crippen LogP) is -0.101. The monoisotopic (exact) mass is 183 g/mol. The molecule has 5 nitrogen and oxygen atoms in total. The Hall–Kier alpha value is -1.36. The summed E-state index contributed by atoms with van der Waals surface area (Å²) in [5, 5.41) is 0. The van der Waals surface area contributed by atoms with Crippen LogP contribution in [0.5, 0.6) is 0 Å². The van der Waals surface area contributed by atoms with Gasteiger partial charge in [-0.3, -0.25) is 9.36 Å². The second-order valence-electron chi connectivity index (χ2n) is 2.64. The second kappa shape index (κ2) is 4.04. The maximum absolute atomic E-state index is 11.2. The maximum atomic E-state index is 11.2. The highest BCUT2D eigenvalue weighted by Crippen LogP contribution is 1.97. The van der Waals surface area contributed by atoms with E-state index >= 15 is 0 Å². The van der Waals surface area contributed by atoms with Crippen molar-refractivity contribution in [1.82, 2.24) is 9.55 Å². The molecule has 2 N–H and O–H groups in total. The van der Waals surface area contributed by atoms with Crippen LogP contribution in [0.25, 0.3) is 0 Å². The first-order valence-corrected chi connectivity index (χ1v) is 4.05. The summed E-state index contributed by atoms with van der Waals surface area (Å²) in [6.45, 7) is 2.80. The van der Waals surface area contributed by atoms with E-state index in [1.807, 2.05) is 6.92 Å². The smallest absolute Gasteiger partial charge is 0.254 e.